The molecule has 7 nitrogen and oxygen atoms in total. The van der Waals surface area contributed by atoms with Crippen LogP contribution in [0.4, 0.5) is 16.2 Å². The Hall–Kier alpha value is -2.83. The minimum Gasteiger partial charge on any atom is -0.488 e. The molecule has 0 heterocycles. The molecule has 0 aliphatic carbocycles. The summed E-state index contributed by atoms with van der Waals surface area (Å²) in [6.45, 7) is 7.69. The zero-order valence-corrected chi connectivity index (χ0v) is 14.8. The number of ether oxygens (including phenoxy) is 2. The fraction of sp³-hybridized carbons (Fsp3) is 0.389. The van der Waals surface area contributed by atoms with Crippen molar-refractivity contribution in [3.8, 4) is 5.75 Å². The van der Waals surface area contributed by atoms with Gasteiger partial charge in [0.1, 0.15) is 11.3 Å². The van der Waals surface area contributed by atoms with E-state index in [1.807, 2.05) is 6.07 Å². The number of nitrogens with one attached hydrogen (secondary N) is 2. The lowest BCUT2D eigenvalue weighted by molar-refractivity contribution is 0.0523. The summed E-state index contributed by atoms with van der Waals surface area (Å²) in [6.07, 6.45) is -0.507. The third-order valence-corrected chi connectivity index (χ3v) is 3.19. The van der Waals surface area contributed by atoms with Crippen molar-refractivity contribution < 1.29 is 14.3 Å². The van der Waals surface area contributed by atoms with Gasteiger partial charge in [0, 0.05) is 12.2 Å². The molecule has 0 aliphatic heterocycles. The molecular formula is C18H22N2O5. The van der Waals surface area contributed by atoms with Gasteiger partial charge in [-0.3, -0.25) is 9.59 Å². The molecule has 0 unspecified atom stereocenters. The van der Waals surface area contributed by atoms with E-state index in [2.05, 4.69) is 10.6 Å². The summed E-state index contributed by atoms with van der Waals surface area (Å²) in [7, 11) is 0. The van der Waals surface area contributed by atoms with Crippen molar-refractivity contribution in [3.05, 3.63) is 50.3 Å². The van der Waals surface area contributed by atoms with Crippen LogP contribution in [-0.2, 0) is 11.3 Å². The predicted octanol–water partition coefficient (Wildman–Crippen LogP) is 2.45. The molecule has 0 saturated heterocycles. The van der Waals surface area contributed by atoms with Gasteiger partial charge in [-0.05, 0) is 45.4 Å². The van der Waals surface area contributed by atoms with Gasteiger partial charge in [-0.15, -0.1) is 0 Å². The number of benzene rings is 1. The fourth-order valence-corrected chi connectivity index (χ4v) is 2.16. The van der Waals surface area contributed by atoms with Gasteiger partial charge in [0.2, 0.25) is 0 Å². The summed E-state index contributed by atoms with van der Waals surface area (Å²) >= 11 is 0. The zero-order chi connectivity index (χ0) is 18.6. The average Bonchev–Trinajstić information content (AvgIpc) is 2.54. The van der Waals surface area contributed by atoms with Gasteiger partial charge < -0.3 is 20.1 Å². The topological polar surface area (TPSA) is 93.7 Å². The Morgan fingerprint density at radius 1 is 1.16 bits per heavy atom. The lowest BCUT2D eigenvalue weighted by atomic mass is 10.1. The lowest BCUT2D eigenvalue weighted by Gasteiger charge is -2.19. The molecule has 0 aliphatic rings. The maximum absolute atomic E-state index is 11.7. The Morgan fingerprint density at radius 3 is 2.52 bits per heavy atom. The summed E-state index contributed by atoms with van der Waals surface area (Å²) in [4.78, 5) is 34.8. The SMILES string of the molecule is CCOc1c(Nc2cccc(CNC(=O)OC(C)(C)C)c2)c(=O)c1=O. The number of alkyl carbamates (subject to hydrolysis) is 1. The standard InChI is InChI=1S/C18H22N2O5/c1-5-24-16-13(14(21)15(16)22)20-12-8-6-7-11(9-12)10-19-17(23)25-18(2,3)4/h6-9,20H,5,10H2,1-4H3,(H,19,23). The first-order valence-corrected chi connectivity index (χ1v) is 8.00. The Balaban J connectivity index is 2.02. The quantitative estimate of drug-likeness (QED) is 0.781. The Morgan fingerprint density at radius 2 is 1.88 bits per heavy atom. The van der Waals surface area contributed by atoms with Crippen molar-refractivity contribution >= 4 is 17.5 Å². The van der Waals surface area contributed by atoms with Crippen molar-refractivity contribution in [2.75, 3.05) is 11.9 Å². The number of carbonyl (C=O) groups is 1. The number of hydrogen-bond acceptors (Lipinski definition) is 6. The van der Waals surface area contributed by atoms with Crippen LogP contribution in [0, 0.1) is 0 Å². The molecule has 7 heteroatoms. The summed E-state index contributed by atoms with van der Waals surface area (Å²) in [5.41, 5.74) is -0.187. The van der Waals surface area contributed by atoms with Gasteiger partial charge in [-0.1, -0.05) is 12.1 Å². The molecule has 0 saturated carbocycles. The molecule has 2 rings (SSSR count). The van der Waals surface area contributed by atoms with E-state index in [9.17, 15) is 14.4 Å². The molecule has 134 valence electrons. The first-order chi connectivity index (χ1) is 11.7. The van der Waals surface area contributed by atoms with E-state index in [0.717, 1.165) is 5.56 Å². The minimum absolute atomic E-state index is 0.0600. The van der Waals surface area contributed by atoms with E-state index in [0.29, 0.717) is 12.3 Å². The second-order valence-electron chi connectivity index (χ2n) is 6.48. The Kier molecular flexibility index (Phi) is 5.46. The Bertz CT molecular complexity index is 829. The molecule has 0 atom stereocenters. The van der Waals surface area contributed by atoms with Gasteiger partial charge in [-0.25, -0.2) is 4.79 Å². The largest absolute Gasteiger partial charge is 0.488 e. The van der Waals surface area contributed by atoms with Crippen molar-refractivity contribution in [2.45, 2.75) is 39.8 Å². The van der Waals surface area contributed by atoms with E-state index < -0.39 is 22.6 Å². The van der Waals surface area contributed by atoms with E-state index in [1.54, 1.807) is 45.9 Å². The van der Waals surface area contributed by atoms with Crippen LogP contribution in [0.1, 0.15) is 33.3 Å². The molecular weight excluding hydrogens is 324 g/mol. The maximum Gasteiger partial charge on any atom is 0.407 e. The van der Waals surface area contributed by atoms with Crippen molar-refractivity contribution in [1.82, 2.24) is 5.32 Å². The van der Waals surface area contributed by atoms with Crippen molar-refractivity contribution in [3.63, 3.8) is 0 Å². The summed E-state index contributed by atoms with van der Waals surface area (Å²) < 4.78 is 10.3. The lowest BCUT2D eigenvalue weighted by Crippen LogP contribution is -2.35. The third kappa shape index (κ3) is 4.82. The van der Waals surface area contributed by atoms with Crippen LogP contribution in [0.2, 0.25) is 0 Å². The zero-order valence-electron chi connectivity index (χ0n) is 14.8. The van der Waals surface area contributed by atoms with Gasteiger partial charge in [-0.2, -0.15) is 0 Å². The monoisotopic (exact) mass is 346 g/mol. The molecule has 0 bridgehead atoms. The highest BCUT2D eigenvalue weighted by Crippen LogP contribution is 2.23. The predicted molar refractivity (Wildman–Crippen MR) is 95.3 cm³/mol. The number of hydrogen-bond donors (Lipinski definition) is 2. The number of amides is 1. The maximum atomic E-state index is 11.7. The fourth-order valence-electron chi connectivity index (χ4n) is 2.16. The van der Waals surface area contributed by atoms with E-state index in [-0.39, 0.29) is 18.0 Å². The smallest absolute Gasteiger partial charge is 0.407 e. The summed E-state index contributed by atoms with van der Waals surface area (Å²) in [5.74, 6) is 0.0600. The molecule has 2 aromatic carbocycles. The molecule has 0 radical (unpaired) electrons. The number of carbonyl (C=O) groups excluding carboxylic acids is 1. The molecule has 1 amide bonds. The molecule has 2 N–H and O–H groups in total. The van der Waals surface area contributed by atoms with E-state index in [1.165, 1.54) is 0 Å². The molecule has 2 aromatic rings. The van der Waals surface area contributed by atoms with Crippen LogP contribution in [-0.4, -0.2) is 18.3 Å². The minimum atomic E-state index is -0.618. The normalized spacial score (nSPS) is 11.2. The van der Waals surface area contributed by atoms with E-state index >= 15 is 0 Å². The van der Waals surface area contributed by atoms with Crippen LogP contribution in [0.15, 0.2) is 33.9 Å². The third-order valence-electron chi connectivity index (χ3n) is 3.19. The first-order valence-electron chi connectivity index (χ1n) is 8.00. The first kappa shape index (κ1) is 18.5. The molecule has 0 aromatic heterocycles. The van der Waals surface area contributed by atoms with Crippen LogP contribution in [0.5, 0.6) is 5.75 Å². The summed E-state index contributed by atoms with van der Waals surface area (Å²) in [5, 5.41) is 5.56. The molecule has 0 spiro atoms. The van der Waals surface area contributed by atoms with Gasteiger partial charge in [0.15, 0.2) is 5.75 Å². The van der Waals surface area contributed by atoms with Gasteiger partial charge in [0.25, 0.3) is 10.9 Å². The van der Waals surface area contributed by atoms with Crippen molar-refractivity contribution in [1.29, 1.82) is 0 Å². The van der Waals surface area contributed by atoms with Crippen molar-refractivity contribution in [2.24, 2.45) is 0 Å². The Labute approximate surface area is 145 Å². The van der Waals surface area contributed by atoms with Crippen LogP contribution >= 0.6 is 0 Å². The number of anilines is 2. The van der Waals surface area contributed by atoms with E-state index in [4.69, 9.17) is 9.47 Å². The highest BCUT2D eigenvalue weighted by molar-refractivity contribution is 5.70. The van der Waals surface area contributed by atoms with Gasteiger partial charge >= 0.3 is 6.09 Å². The molecule has 0 fully saturated rings. The van der Waals surface area contributed by atoms with Crippen LogP contribution in [0.25, 0.3) is 0 Å². The molecule has 25 heavy (non-hydrogen) atoms. The average molecular weight is 346 g/mol. The second-order valence-corrected chi connectivity index (χ2v) is 6.48. The number of rotatable bonds is 6. The second kappa shape index (κ2) is 7.38. The highest BCUT2D eigenvalue weighted by Gasteiger charge is 2.22. The highest BCUT2D eigenvalue weighted by atomic mass is 16.6. The van der Waals surface area contributed by atoms with Crippen LogP contribution < -0.4 is 26.2 Å². The van der Waals surface area contributed by atoms with Gasteiger partial charge in [0.05, 0.1) is 6.61 Å². The van der Waals surface area contributed by atoms with Crippen LogP contribution in [0.3, 0.4) is 0 Å². The summed E-state index contributed by atoms with van der Waals surface area (Å²) in [6, 6.07) is 7.13.